The van der Waals surface area contributed by atoms with E-state index >= 15 is 0 Å². The lowest BCUT2D eigenvalue weighted by atomic mass is 10.0. The molecule has 31 heavy (non-hydrogen) atoms. The molecule has 1 atom stereocenters. The topological polar surface area (TPSA) is 105 Å². The van der Waals surface area contributed by atoms with Gasteiger partial charge in [0.2, 0.25) is 17.7 Å². The smallest absolute Gasteiger partial charge is 0.255 e. The average molecular weight is 425 g/mol. The van der Waals surface area contributed by atoms with E-state index in [0.29, 0.717) is 22.6 Å². The Bertz CT molecular complexity index is 1050. The lowest BCUT2D eigenvalue weighted by Gasteiger charge is -2.29. The summed E-state index contributed by atoms with van der Waals surface area (Å²) in [5.74, 6) is -1.35. The van der Waals surface area contributed by atoms with E-state index in [0.717, 1.165) is 0 Å². The van der Waals surface area contributed by atoms with Gasteiger partial charge < -0.3 is 15.0 Å². The zero-order valence-electron chi connectivity index (χ0n) is 16.5. The van der Waals surface area contributed by atoms with Crippen LogP contribution in [0.5, 0.6) is 5.75 Å². The van der Waals surface area contributed by atoms with Crippen LogP contribution >= 0.6 is 0 Å². The number of carbonyl (C=O) groups is 4. The molecule has 2 heterocycles. The third kappa shape index (κ3) is 4.40. The van der Waals surface area contributed by atoms with Crippen LogP contribution in [0.4, 0.5) is 10.1 Å². The SMILES string of the molecule is O=C1CCC(N2Cc3c(NC(=O)CCOc4ccc(F)cc4)cccc3C2=O)C(=O)N1. The van der Waals surface area contributed by atoms with E-state index in [2.05, 4.69) is 10.6 Å². The Balaban J connectivity index is 1.39. The van der Waals surface area contributed by atoms with Gasteiger partial charge in [-0.05, 0) is 42.8 Å². The maximum absolute atomic E-state index is 12.9. The van der Waals surface area contributed by atoms with Gasteiger partial charge in [0.15, 0.2) is 0 Å². The number of amides is 4. The predicted octanol–water partition coefficient (Wildman–Crippen LogP) is 1.99. The van der Waals surface area contributed by atoms with Gasteiger partial charge in [-0.2, -0.15) is 0 Å². The monoisotopic (exact) mass is 425 g/mol. The van der Waals surface area contributed by atoms with Crippen LogP contribution < -0.4 is 15.4 Å². The van der Waals surface area contributed by atoms with Crippen molar-refractivity contribution in [1.29, 1.82) is 0 Å². The molecule has 4 rings (SSSR count). The zero-order valence-corrected chi connectivity index (χ0v) is 16.5. The summed E-state index contributed by atoms with van der Waals surface area (Å²) in [5.41, 5.74) is 1.54. The van der Waals surface area contributed by atoms with Crippen LogP contribution in [0.1, 0.15) is 35.2 Å². The average Bonchev–Trinajstić information content (AvgIpc) is 3.07. The predicted molar refractivity (Wildman–Crippen MR) is 108 cm³/mol. The fourth-order valence-electron chi connectivity index (χ4n) is 3.71. The van der Waals surface area contributed by atoms with E-state index in [4.69, 9.17) is 4.74 Å². The van der Waals surface area contributed by atoms with E-state index in [1.807, 2.05) is 0 Å². The number of carbonyl (C=O) groups excluding carboxylic acids is 4. The van der Waals surface area contributed by atoms with Crippen molar-refractivity contribution in [3.8, 4) is 5.75 Å². The number of imide groups is 1. The molecule has 0 saturated carbocycles. The van der Waals surface area contributed by atoms with Gasteiger partial charge in [-0.25, -0.2) is 4.39 Å². The lowest BCUT2D eigenvalue weighted by Crippen LogP contribution is -2.52. The molecule has 0 radical (unpaired) electrons. The molecule has 8 nitrogen and oxygen atoms in total. The Morgan fingerprint density at radius 1 is 1.16 bits per heavy atom. The lowest BCUT2D eigenvalue weighted by molar-refractivity contribution is -0.137. The Hall–Kier alpha value is -3.75. The number of hydrogen-bond donors (Lipinski definition) is 2. The number of hydrogen-bond acceptors (Lipinski definition) is 5. The van der Waals surface area contributed by atoms with Crippen molar-refractivity contribution < 1.29 is 28.3 Å². The first-order valence-corrected chi connectivity index (χ1v) is 9.87. The van der Waals surface area contributed by atoms with Gasteiger partial charge in [0.1, 0.15) is 17.6 Å². The second-order valence-electron chi connectivity index (χ2n) is 7.33. The maximum Gasteiger partial charge on any atom is 0.255 e. The molecule has 2 N–H and O–H groups in total. The summed E-state index contributed by atoms with van der Waals surface area (Å²) in [5, 5.41) is 5.05. The first-order valence-electron chi connectivity index (χ1n) is 9.87. The summed E-state index contributed by atoms with van der Waals surface area (Å²) in [6.07, 6.45) is 0.507. The van der Waals surface area contributed by atoms with Crippen LogP contribution in [0.3, 0.4) is 0 Å². The Labute approximate surface area is 177 Å². The molecule has 160 valence electrons. The zero-order chi connectivity index (χ0) is 22.0. The Kier molecular flexibility index (Phi) is 5.66. The van der Waals surface area contributed by atoms with Crippen molar-refractivity contribution in [3.63, 3.8) is 0 Å². The van der Waals surface area contributed by atoms with Crippen molar-refractivity contribution >= 4 is 29.3 Å². The summed E-state index contributed by atoms with van der Waals surface area (Å²) in [6, 6.07) is 9.79. The second kappa shape index (κ2) is 8.55. The Morgan fingerprint density at radius 2 is 1.94 bits per heavy atom. The summed E-state index contributed by atoms with van der Waals surface area (Å²) in [6.45, 7) is 0.275. The summed E-state index contributed by atoms with van der Waals surface area (Å²) in [7, 11) is 0. The number of piperidine rings is 1. The van der Waals surface area contributed by atoms with Crippen molar-refractivity contribution in [1.82, 2.24) is 10.2 Å². The minimum Gasteiger partial charge on any atom is -0.493 e. The molecule has 2 aliphatic rings. The van der Waals surface area contributed by atoms with Gasteiger partial charge in [0.05, 0.1) is 13.0 Å². The van der Waals surface area contributed by atoms with Crippen LogP contribution in [-0.4, -0.2) is 41.2 Å². The number of nitrogens with one attached hydrogen (secondary N) is 2. The highest BCUT2D eigenvalue weighted by atomic mass is 19.1. The highest BCUT2D eigenvalue weighted by Crippen LogP contribution is 2.32. The van der Waals surface area contributed by atoms with Crippen LogP contribution in [0, 0.1) is 5.82 Å². The molecule has 9 heteroatoms. The number of anilines is 1. The molecule has 0 aromatic heterocycles. The third-order valence-corrected chi connectivity index (χ3v) is 5.27. The second-order valence-corrected chi connectivity index (χ2v) is 7.33. The fraction of sp³-hybridized carbons (Fsp3) is 0.273. The molecule has 1 fully saturated rings. The number of fused-ring (bicyclic) bond motifs is 1. The molecule has 4 amide bonds. The van der Waals surface area contributed by atoms with E-state index in [1.54, 1.807) is 18.2 Å². The van der Waals surface area contributed by atoms with Gasteiger partial charge in [0.25, 0.3) is 5.91 Å². The highest BCUT2D eigenvalue weighted by molar-refractivity contribution is 6.06. The quantitative estimate of drug-likeness (QED) is 0.689. The molecule has 1 saturated heterocycles. The van der Waals surface area contributed by atoms with E-state index < -0.39 is 11.9 Å². The van der Waals surface area contributed by atoms with Crippen molar-refractivity contribution in [3.05, 3.63) is 59.4 Å². The molecule has 0 bridgehead atoms. The van der Waals surface area contributed by atoms with Crippen molar-refractivity contribution in [2.24, 2.45) is 0 Å². The maximum atomic E-state index is 12.9. The van der Waals surface area contributed by atoms with E-state index in [1.165, 1.54) is 29.2 Å². The third-order valence-electron chi connectivity index (χ3n) is 5.27. The normalized spacial score (nSPS) is 17.9. The largest absolute Gasteiger partial charge is 0.493 e. The molecule has 1 unspecified atom stereocenters. The first kappa shape index (κ1) is 20.5. The number of halogens is 1. The first-order chi connectivity index (χ1) is 14.9. The van der Waals surface area contributed by atoms with Gasteiger partial charge in [-0.3, -0.25) is 24.5 Å². The fourth-order valence-corrected chi connectivity index (χ4v) is 3.71. The van der Waals surface area contributed by atoms with Crippen LogP contribution in [0.2, 0.25) is 0 Å². The standard InChI is InChI=1S/C22H20FN3O5/c23-13-4-6-14(7-5-13)31-11-10-20(28)24-17-3-1-2-15-16(17)12-26(22(15)30)18-8-9-19(27)25-21(18)29/h1-7,18H,8-12H2,(H,24,28)(H,25,27,29). The number of rotatable bonds is 6. The molecule has 2 aliphatic heterocycles. The van der Waals surface area contributed by atoms with Gasteiger partial charge >= 0.3 is 0 Å². The summed E-state index contributed by atoms with van der Waals surface area (Å²) in [4.78, 5) is 50.2. The van der Waals surface area contributed by atoms with E-state index in [9.17, 15) is 23.6 Å². The minimum absolute atomic E-state index is 0.0614. The van der Waals surface area contributed by atoms with Gasteiger partial charge in [-0.15, -0.1) is 0 Å². The van der Waals surface area contributed by atoms with Crippen LogP contribution in [0.15, 0.2) is 42.5 Å². The molecule has 0 aliphatic carbocycles. The molecule has 2 aromatic rings. The van der Waals surface area contributed by atoms with Gasteiger partial charge in [0, 0.05) is 29.8 Å². The molecular weight excluding hydrogens is 405 g/mol. The van der Waals surface area contributed by atoms with Crippen molar-refractivity contribution in [2.75, 3.05) is 11.9 Å². The van der Waals surface area contributed by atoms with Crippen molar-refractivity contribution in [2.45, 2.75) is 31.8 Å². The summed E-state index contributed by atoms with van der Waals surface area (Å²) < 4.78 is 18.4. The van der Waals surface area contributed by atoms with Crippen LogP contribution in [0.25, 0.3) is 0 Å². The number of nitrogens with zero attached hydrogens (tertiary/aromatic N) is 1. The summed E-state index contributed by atoms with van der Waals surface area (Å²) >= 11 is 0. The number of benzene rings is 2. The Morgan fingerprint density at radius 3 is 2.68 bits per heavy atom. The highest BCUT2D eigenvalue weighted by Gasteiger charge is 2.39. The number of ether oxygens (including phenoxy) is 1. The van der Waals surface area contributed by atoms with E-state index in [-0.39, 0.29) is 56.0 Å². The molecule has 0 spiro atoms. The molecular formula is C22H20FN3O5. The minimum atomic E-state index is -0.717. The van der Waals surface area contributed by atoms with Gasteiger partial charge in [-0.1, -0.05) is 6.07 Å². The van der Waals surface area contributed by atoms with Crippen LogP contribution in [-0.2, 0) is 20.9 Å². The molecule has 2 aromatic carbocycles.